The largest absolute Gasteiger partial charge is 0.306 e. The maximum absolute atomic E-state index is 13.5. The molecule has 1 unspecified atom stereocenters. The summed E-state index contributed by atoms with van der Waals surface area (Å²) < 4.78 is 15.2. The Balaban J connectivity index is 1.99. The molecule has 4 heteroatoms. The number of rotatable bonds is 4. The van der Waals surface area contributed by atoms with Crippen LogP contribution in [0.15, 0.2) is 30.6 Å². The van der Waals surface area contributed by atoms with Crippen LogP contribution in [0, 0.1) is 12.7 Å². The number of aromatic nitrogens is 2. The molecule has 1 aromatic heterocycles. The number of aryl methyl sites for hydroxylation is 2. The minimum atomic E-state index is -0.150. The summed E-state index contributed by atoms with van der Waals surface area (Å²) in [6.45, 7) is 4.53. The molecule has 18 heavy (non-hydrogen) atoms. The first-order valence-electron chi connectivity index (χ1n) is 6.03. The van der Waals surface area contributed by atoms with Gasteiger partial charge in [-0.2, -0.15) is 5.10 Å². The summed E-state index contributed by atoms with van der Waals surface area (Å²) in [6.07, 6.45) is 3.80. The summed E-state index contributed by atoms with van der Waals surface area (Å²) >= 11 is 0. The fraction of sp³-hybridized carbons (Fsp3) is 0.357. The van der Waals surface area contributed by atoms with Crippen molar-refractivity contribution in [1.82, 2.24) is 15.1 Å². The molecular weight excluding hydrogens is 229 g/mol. The lowest BCUT2D eigenvalue weighted by Crippen LogP contribution is -2.18. The normalized spacial score (nSPS) is 12.7. The highest BCUT2D eigenvalue weighted by atomic mass is 19.1. The van der Waals surface area contributed by atoms with Gasteiger partial charge in [0.1, 0.15) is 5.82 Å². The molecule has 1 N–H and O–H groups in total. The summed E-state index contributed by atoms with van der Waals surface area (Å²) in [5, 5.41) is 7.46. The predicted octanol–water partition coefficient (Wildman–Crippen LogP) is 2.72. The Hall–Kier alpha value is -1.68. The lowest BCUT2D eigenvalue weighted by atomic mass is 10.1. The van der Waals surface area contributed by atoms with Crippen LogP contribution in [-0.4, -0.2) is 9.78 Å². The zero-order chi connectivity index (χ0) is 13.1. The molecule has 2 rings (SSSR count). The van der Waals surface area contributed by atoms with Gasteiger partial charge in [-0.15, -0.1) is 0 Å². The summed E-state index contributed by atoms with van der Waals surface area (Å²) in [7, 11) is 1.89. The van der Waals surface area contributed by atoms with E-state index in [0.29, 0.717) is 5.56 Å². The number of hydrogen-bond acceptors (Lipinski definition) is 2. The van der Waals surface area contributed by atoms with Crippen molar-refractivity contribution in [3.05, 3.63) is 53.1 Å². The minimum Gasteiger partial charge on any atom is -0.306 e. The molecule has 0 amide bonds. The van der Waals surface area contributed by atoms with Crippen LogP contribution in [-0.2, 0) is 13.6 Å². The molecule has 2 aromatic rings. The van der Waals surface area contributed by atoms with Crippen LogP contribution in [0.2, 0.25) is 0 Å². The number of halogens is 1. The van der Waals surface area contributed by atoms with Crippen LogP contribution in [0.5, 0.6) is 0 Å². The second-order valence-electron chi connectivity index (χ2n) is 4.63. The van der Waals surface area contributed by atoms with E-state index in [1.807, 2.05) is 38.5 Å². The Morgan fingerprint density at radius 2 is 2.22 bits per heavy atom. The van der Waals surface area contributed by atoms with Crippen molar-refractivity contribution in [1.29, 1.82) is 0 Å². The molecule has 96 valence electrons. The zero-order valence-corrected chi connectivity index (χ0v) is 10.9. The van der Waals surface area contributed by atoms with Crippen molar-refractivity contribution in [2.45, 2.75) is 26.4 Å². The van der Waals surface area contributed by atoms with Crippen molar-refractivity contribution in [3.8, 4) is 0 Å². The standard InChI is InChI=1S/C14H18FN3/c1-10-4-5-13(6-14(10)15)11(2)16-7-12-8-17-18(3)9-12/h4-6,8-9,11,16H,7H2,1-3H3. The Bertz CT molecular complexity index is 534. The van der Waals surface area contributed by atoms with Crippen LogP contribution >= 0.6 is 0 Å². The molecule has 0 bridgehead atoms. The van der Waals surface area contributed by atoms with Crippen molar-refractivity contribution < 1.29 is 4.39 Å². The van der Waals surface area contributed by atoms with Gasteiger partial charge in [0.2, 0.25) is 0 Å². The minimum absolute atomic E-state index is 0.111. The van der Waals surface area contributed by atoms with Crippen molar-refractivity contribution in [2.75, 3.05) is 0 Å². The van der Waals surface area contributed by atoms with Crippen LogP contribution in [0.25, 0.3) is 0 Å². The Morgan fingerprint density at radius 3 is 2.83 bits per heavy atom. The molecular formula is C14H18FN3. The number of nitrogens with zero attached hydrogens (tertiary/aromatic N) is 2. The average Bonchev–Trinajstić information content (AvgIpc) is 2.75. The molecule has 0 spiro atoms. The highest BCUT2D eigenvalue weighted by Crippen LogP contribution is 2.16. The molecule has 3 nitrogen and oxygen atoms in total. The van der Waals surface area contributed by atoms with Gasteiger partial charge in [-0.3, -0.25) is 4.68 Å². The van der Waals surface area contributed by atoms with E-state index in [-0.39, 0.29) is 11.9 Å². The first-order valence-corrected chi connectivity index (χ1v) is 6.03. The number of nitrogens with one attached hydrogen (secondary N) is 1. The molecule has 0 fully saturated rings. The van der Waals surface area contributed by atoms with E-state index in [9.17, 15) is 4.39 Å². The zero-order valence-electron chi connectivity index (χ0n) is 10.9. The fourth-order valence-corrected chi connectivity index (χ4v) is 1.83. The average molecular weight is 247 g/mol. The maximum atomic E-state index is 13.5. The van der Waals surface area contributed by atoms with Gasteiger partial charge in [0, 0.05) is 31.4 Å². The third-order valence-corrected chi connectivity index (χ3v) is 3.07. The van der Waals surface area contributed by atoms with Crippen LogP contribution < -0.4 is 5.32 Å². The Labute approximate surface area is 107 Å². The summed E-state index contributed by atoms with van der Waals surface area (Å²) in [5.41, 5.74) is 2.76. The topological polar surface area (TPSA) is 29.9 Å². The van der Waals surface area contributed by atoms with Gasteiger partial charge in [-0.1, -0.05) is 12.1 Å². The fourth-order valence-electron chi connectivity index (χ4n) is 1.83. The van der Waals surface area contributed by atoms with Crippen LogP contribution in [0.3, 0.4) is 0 Å². The van der Waals surface area contributed by atoms with Gasteiger partial charge >= 0.3 is 0 Å². The molecule has 1 aromatic carbocycles. The van der Waals surface area contributed by atoms with Crippen LogP contribution in [0.1, 0.15) is 29.7 Å². The summed E-state index contributed by atoms with van der Waals surface area (Å²) in [5.74, 6) is -0.150. The van der Waals surface area contributed by atoms with E-state index in [1.165, 1.54) is 0 Å². The number of hydrogen-bond donors (Lipinski definition) is 1. The molecule has 0 radical (unpaired) electrons. The quantitative estimate of drug-likeness (QED) is 0.900. The van der Waals surface area contributed by atoms with Crippen molar-refractivity contribution in [2.24, 2.45) is 7.05 Å². The van der Waals surface area contributed by atoms with Gasteiger partial charge < -0.3 is 5.32 Å². The van der Waals surface area contributed by atoms with E-state index < -0.39 is 0 Å². The van der Waals surface area contributed by atoms with Crippen molar-refractivity contribution in [3.63, 3.8) is 0 Å². The second kappa shape index (κ2) is 5.31. The highest BCUT2D eigenvalue weighted by Gasteiger charge is 2.07. The summed E-state index contributed by atoms with van der Waals surface area (Å²) in [4.78, 5) is 0. The smallest absolute Gasteiger partial charge is 0.126 e. The first-order chi connectivity index (χ1) is 8.56. The molecule has 0 aliphatic rings. The lowest BCUT2D eigenvalue weighted by Gasteiger charge is -2.14. The lowest BCUT2D eigenvalue weighted by molar-refractivity contribution is 0.563. The molecule has 0 aliphatic heterocycles. The maximum Gasteiger partial charge on any atom is 0.126 e. The molecule has 1 heterocycles. The molecule has 1 atom stereocenters. The van der Waals surface area contributed by atoms with Gasteiger partial charge in [0.05, 0.1) is 6.20 Å². The highest BCUT2D eigenvalue weighted by molar-refractivity contribution is 5.25. The van der Waals surface area contributed by atoms with Gasteiger partial charge in [0.15, 0.2) is 0 Å². The monoisotopic (exact) mass is 247 g/mol. The van der Waals surface area contributed by atoms with Gasteiger partial charge in [-0.05, 0) is 31.0 Å². The van der Waals surface area contributed by atoms with E-state index in [2.05, 4.69) is 10.4 Å². The molecule has 0 saturated carbocycles. The van der Waals surface area contributed by atoms with Gasteiger partial charge in [0.25, 0.3) is 0 Å². The third kappa shape index (κ3) is 2.96. The van der Waals surface area contributed by atoms with Crippen molar-refractivity contribution >= 4 is 0 Å². The Morgan fingerprint density at radius 1 is 1.44 bits per heavy atom. The molecule has 0 aliphatic carbocycles. The molecule has 0 saturated heterocycles. The third-order valence-electron chi connectivity index (χ3n) is 3.07. The van der Waals surface area contributed by atoms with E-state index in [1.54, 1.807) is 17.7 Å². The van der Waals surface area contributed by atoms with E-state index in [4.69, 9.17) is 0 Å². The van der Waals surface area contributed by atoms with E-state index in [0.717, 1.165) is 17.7 Å². The van der Waals surface area contributed by atoms with E-state index >= 15 is 0 Å². The van der Waals surface area contributed by atoms with Crippen LogP contribution in [0.4, 0.5) is 4.39 Å². The predicted molar refractivity (Wildman–Crippen MR) is 69.6 cm³/mol. The summed E-state index contributed by atoms with van der Waals surface area (Å²) in [6, 6.07) is 5.47. The SMILES string of the molecule is Cc1ccc(C(C)NCc2cnn(C)c2)cc1F. The first kappa shape index (κ1) is 12.8. The second-order valence-corrected chi connectivity index (χ2v) is 4.63. The number of benzene rings is 1. The Kier molecular flexibility index (Phi) is 3.77. The van der Waals surface area contributed by atoms with Gasteiger partial charge in [-0.25, -0.2) is 4.39 Å².